The summed E-state index contributed by atoms with van der Waals surface area (Å²) in [5, 5.41) is 5.31. The smallest absolute Gasteiger partial charge is 0.239 e. The number of halogens is 1. The van der Waals surface area contributed by atoms with Gasteiger partial charge in [0, 0.05) is 23.2 Å². The van der Waals surface area contributed by atoms with Crippen molar-refractivity contribution in [1.29, 1.82) is 0 Å². The van der Waals surface area contributed by atoms with Crippen LogP contribution < -0.4 is 15.5 Å². The lowest BCUT2D eigenvalue weighted by Crippen LogP contribution is -2.41. The van der Waals surface area contributed by atoms with Crippen molar-refractivity contribution in [3.63, 3.8) is 0 Å². The van der Waals surface area contributed by atoms with Gasteiger partial charge in [0.15, 0.2) is 0 Å². The highest BCUT2D eigenvalue weighted by Gasteiger charge is 2.37. The van der Waals surface area contributed by atoms with Gasteiger partial charge < -0.3 is 15.5 Å². The Labute approximate surface area is 166 Å². The Morgan fingerprint density at radius 3 is 2.59 bits per heavy atom. The summed E-state index contributed by atoms with van der Waals surface area (Å²) in [5.41, 5.74) is 1.73. The Balaban J connectivity index is 1.48. The Hall–Kier alpha value is -2.67. The second kappa shape index (κ2) is 8.81. The van der Waals surface area contributed by atoms with Crippen LogP contribution >= 0.6 is 15.9 Å². The van der Waals surface area contributed by atoms with Gasteiger partial charge in [-0.3, -0.25) is 14.4 Å². The first kappa shape index (κ1) is 19.1. The number of hydrogen-bond acceptors (Lipinski definition) is 3. The van der Waals surface area contributed by atoms with E-state index in [-0.39, 0.29) is 18.4 Å². The molecule has 3 amide bonds. The summed E-state index contributed by atoms with van der Waals surface area (Å²) in [4.78, 5) is 38.4. The Morgan fingerprint density at radius 2 is 1.85 bits per heavy atom. The van der Waals surface area contributed by atoms with Crippen molar-refractivity contribution in [3.05, 3.63) is 64.6 Å². The van der Waals surface area contributed by atoms with E-state index in [0.717, 1.165) is 15.7 Å². The van der Waals surface area contributed by atoms with Crippen molar-refractivity contribution < 1.29 is 14.4 Å². The molecule has 0 bridgehead atoms. The predicted molar refractivity (Wildman–Crippen MR) is 106 cm³/mol. The molecule has 27 heavy (non-hydrogen) atoms. The van der Waals surface area contributed by atoms with Crippen molar-refractivity contribution in [2.75, 3.05) is 18.0 Å². The van der Waals surface area contributed by atoms with Crippen LogP contribution in [0.2, 0.25) is 0 Å². The van der Waals surface area contributed by atoms with E-state index >= 15 is 0 Å². The summed E-state index contributed by atoms with van der Waals surface area (Å²) in [6.45, 7) is 0.731. The largest absolute Gasteiger partial charge is 0.350 e. The third-order valence-corrected chi connectivity index (χ3v) is 4.89. The van der Waals surface area contributed by atoms with Crippen LogP contribution in [0.25, 0.3) is 0 Å². The summed E-state index contributed by atoms with van der Waals surface area (Å²) < 4.78 is 0.871. The van der Waals surface area contributed by atoms with E-state index in [4.69, 9.17) is 0 Å². The fourth-order valence-corrected chi connectivity index (χ4v) is 3.36. The molecule has 3 rings (SSSR count). The first-order valence-corrected chi connectivity index (χ1v) is 9.49. The van der Waals surface area contributed by atoms with Crippen LogP contribution in [0.3, 0.4) is 0 Å². The normalized spacial score (nSPS) is 16.3. The highest BCUT2D eigenvalue weighted by Crippen LogP contribution is 2.27. The van der Waals surface area contributed by atoms with E-state index in [1.165, 1.54) is 0 Å². The van der Waals surface area contributed by atoms with E-state index in [0.29, 0.717) is 19.5 Å². The van der Waals surface area contributed by atoms with E-state index in [2.05, 4.69) is 26.6 Å². The van der Waals surface area contributed by atoms with E-state index in [1.54, 1.807) is 4.90 Å². The fourth-order valence-electron chi connectivity index (χ4n) is 2.97. The number of carbonyl (C=O) groups is 3. The van der Waals surface area contributed by atoms with Crippen LogP contribution in [0, 0.1) is 5.92 Å². The molecule has 1 aliphatic heterocycles. The number of benzene rings is 2. The van der Waals surface area contributed by atoms with Gasteiger partial charge in [-0.05, 0) is 30.2 Å². The molecule has 2 aromatic rings. The number of nitrogens with zero attached hydrogens (tertiary/aromatic N) is 1. The number of nitrogens with one attached hydrogen (secondary N) is 2. The van der Waals surface area contributed by atoms with Gasteiger partial charge in [-0.25, -0.2) is 0 Å². The molecule has 0 radical (unpaired) electrons. The molecule has 2 aromatic carbocycles. The Bertz CT molecular complexity index is 841. The number of amides is 3. The van der Waals surface area contributed by atoms with Crippen molar-refractivity contribution in [3.8, 4) is 0 Å². The first-order valence-electron chi connectivity index (χ1n) is 8.70. The van der Waals surface area contributed by atoms with Gasteiger partial charge in [-0.1, -0.05) is 52.3 Å². The standard InChI is InChI=1S/C20H20BrN3O3/c21-15-7-4-8-16(11-15)24-10-9-17(20(24)27)19(26)23-13-18(25)22-12-14-5-2-1-3-6-14/h1-8,11,17H,9-10,12-13H2,(H,22,25)(H,23,26). The number of carbonyl (C=O) groups excluding carboxylic acids is 3. The maximum absolute atomic E-state index is 12.6. The Morgan fingerprint density at radius 1 is 1.07 bits per heavy atom. The molecule has 1 heterocycles. The van der Waals surface area contributed by atoms with Gasteiger partial charge >= 0.3 is 0 Å². The van der Waals surface area contributed by atoms with Gasteiger partial charge in [0.2, 0.25) is 17.7 Å². The lowest BCUT2D eigenvalue weighted by molar-refractivity contribution is -0.133. The van der Waals surface area contributed by atoms with Gasteiger partial charge in [0.25, 0.3) is 0 Å². The van der Waals surface area contributed by atoms with Crippen LogP contribution in [0.15, 0.2) is 59.1 Å². The molecule has 0 aliphatic carbocycles. The van der Waals surface area contributed by atoms with Crippen LogP contribution in [0.5, 0.6) is 0 Å². The average Bonchev–Trinajstić information content (AvgIpc) is 3.07. The van der Waals surface area contributed by atoms with Crippen molar-refractivity contribution in [2.45, 2.75) is 13.0 Å². The number of rotatable bonds is 6. The molecule has 0 saturated carbocycles. The first-order chi connectivity index (χ1) is 13.0. The highest BCUT2D eigenvalue weighted by molar-refractivity contribution is 9.10. The molecule has 1 atom stereocenters. The van der Waals surface area contributed by atoms with Crippen molar-refractivity contribution in [1.82, 2.24) is 10.6 Å². The second-order valence-corrected chi connectivity index (χ2v) is 7.21. The molecule has 1 fully saturated rings. The quantitative estimate of drug-likeness (QED) is 0.691. The summed E-state index contributed by atoms with van der Waals surface area (Å²) in [7, 11) is 0. The predicted octanol–water partition coefficient (Wildman–Crippen LogP) is 2.23. The van der Waals surface area contributed by atoms with Crippen LogP contribution in [-0.4, -0.2) is 30.8 Å². The molecule has 1 saturated heterocycles. The second-order valence-electron chi connectivity index (χ2n) is 6.29. The SMILES string of the molecule is O=C(CNC(=O)C1CCN(c2cccc(Br)c2)C1=O)NCc1ccccc1. The highest BCUT2D eigenvalue weighted by atomic mass is 79.9. The van der Waals surface area contributed by atoms with E-state index in [1.807, 2.05) is 54.6 Å². The lowest BCUT2D eigenvalue weighted by atomic mass is 10.1. The molecule has 1 unspecified atom stereocenters. The zero-order valence-corrected chi connectivity index (χ0v) is 16.2. The summed E-state index contributed by atoms with van der Waals surface area (Å²) in [5.74, 6) is -1.70. The molecule has 140 valence electrons. The molecule has 7 heteroatoms. The van der Waals surface area contributed by atoms with Crippen molar-refractivity contribution >= 4 is 39.3 Å². The number of hydrogen-bond donors (Lipinski definition) is 2. The maximum atomic E-state index is 12.6. The third kappa shape index (κ3) is 4.95. The molecule has 2 N–H and O–H groups in total. The van der Waals surface area contributed by atoms with Crippen LogP contribution in [-0.2, 0) is 20.9 Å². The maximum Gasteiger partial charge on any atom is 0.239 e. The van der Waals surface area contributed by atoms with Gasteiger partial charge in [-0.2, -0.15) is 0 Å². The minimum atomic E-state index is -0.758. The number of anilines is 1. The summed E-state index contributed by atoms with van der Waals surface area (Å²) >= 11 is 3.38. The lowest BCUT2D eigenvalue weighted by Gasteiger charge is -2.17. The summed E-state index contributed by atoms with van der Waals surface area (Å²) in [6, 6.07) is 16.9. The average molecular weight is 430 g/mol. The van der Waals surface area contributed by atoms with Gasteiger partial charge in [-0.15, -0.1) is 0 Å². The fraction of sp³-hybridized carbons (Fsp3) is 0.250. The molecule has 1 aliphatic rings. The van der Waals surface area contributed by atoms with Crippen LogP contribution in [0.4, 0.5) is 5.69 Å². The summed E-state index contributed by atoms with van der Waals surface area (Å²) in [6.07, 6.45) is 0.433. The third-order valence-electron chi connectivity index (χ3n) is 4.40. The van der Waals surface area contributed by atoms with Crippen LogP contribution in [0.1, 0.15) is 12.0 Å². The van der Waals surface area contributed by atoms with E-state index in [9.17, 15) is 14.4 Å². The minimum Gasteiger partial charge on any atom is -0.350 e. The minimum absolute atomic E-state index is 0.146. The molecule has 6 nitrogen and oxygen atoms in total. The van der Waals surface area contributed by atoms with Gasteiger partial charge in [0.05, 0.1) is 6.54 Å². The van der Waals surface area contributed by atoms with Gasteiger partial charge in [0.1, 0.15) is 5.92 Å². The molecule has 0 aromatic heterocycles. The van der Waals surface area contributed by atoms with Crippen molar-refractivity contribution in [2.24, 2.45) is 5.92 Å². The zero-order valence-electron chi connectivity index (χ0n) is 14.7. The molecular weight excluding hydrogens is 410 g/mol. The van der Waals surface area contributed by atoms with E-state index < -0.39 is 11.8 Å². The molecule has 0 spiro atoms. The Kier molecular flexibility index (Phi) is 6.24. The topological polar surface area (TPSA) is 78.5 Å². The zero-order chi connectivity index (χ0) is 19.2. The monoisotopic (exact) mass is 429 g/mol. The molecular formula is C20H20BrN3O3.